The second-order valence-electron chi connectivity index (χ2n) is 14.7. The topological polar surface area (TPSA) is 63.7 Å². The highest BCUT2D eigenvalue weighted by Crippen LogP contribution is 2.73. The second kappa shape index (κ2) is 9.99. The van der Waals surface area contributed by atoms with E-state index in [4.69, 9.17) is 14.7 Å². The van der Waals surface area contributed by atoms with E-state index in [1.54, 1.807) is 0 Å². The van der Waals surface area contributed by atoms with Crippen LogP contribution in [0.5, 0.6) is 0 Å². The van der Waals surface area contributed by atoms with Crippen LogP contribution in [0.1, 0.15) is 91.0 Å². The summed E-state index contributed by atoms with van der Waals surface area (Å²) in [5.41, 5.74) is 5.02. The molecule has 6 atom stereocenters. The Bertz CT molecular complexity index is 1590. The summed E-state index contributed by atoms with van der Waals surface area (Å²) < 4.78 is 5.65. The number of para-hydroxylation sites is 1. The Morgan fingerprint density at radius 1 is 1.00 bits per heavy atom. The van der Waals surface area contributed by atoms with Gasteiger partial charge in [-0.1, -0.05) is 55.8 Å². The normalized spacial score (nSPS) is 36.8. The highest BCUT2D eigenvalue weighted by atomic mass is 16.6. The number of carbonyl (C=O) groups is 1. The van der Waals surface area contributed by atoms with Gasteiger partial charge in [-0.2, -0.15) is 0 Å². The van der Waals surface area contributed by atoms with Gasteiger partial charge in [0.2, 0.25) is 0 Å². The van der Waals surface area contributed by atoms with Crippen molar-refractivity contribution in [2.24, 2.45) is 38.7 Å². The van der Waals surface area contributed by atoms with Crippen molar-refractivity contribution in [2.45, 2.75) is 85.5 Å². The minimum absolute atomic E-state index is 0.0361. The Kier molecular flexibility index (Phi) is 6.60. The molecule has 1 aromatic heterocycles. The summed E-state index contributed by atoms with van der Waals surface area (Å²) in [7, 11) is 0. The van der Waals surface area contributed by atoms with Crippen LogP contribution in [0.15, 0.2) is 53.7 Å². The molecule has 42 heavy (non-hydrogen) atoms. The summed E-state index contributed by atoms with van der Waals surface area (Å²) in [4.78, 5) is 22.7. The quantitative estimate of drug-likeness (QED) is 0.184. The van der Waals surface area contributed by atoms with E-state index < -0.39 is 0 Å². The Balaban J connectivity index is 1.05. The third-order valence-corrected chi connectivity index (χ3v) is 12.3. The van der Waals surface area contributed by atoms with Gasteiger partial charge in [-0.05, 0) is 118 Å². The van der Waals surface area contributed by atoms with Crippen molar-refractivity contribution >= 4 is 39.6 Å². The summed E-state index contributed by atoms with van der Waals surface area (Å²) in [6.07, 6.45) is 14.5. The largest absolute Gasteiger partial charge is 0.466 e. The molecule has 4 fully saturated rings. The molecule has 0 saturated heterocycles. The van der Waals surface area contributed by atoms with Crippen molar-refractivity contribution in [1.29, 1.82) is 0 Å². The summed E-state index contributed by atoms with van der Waals surface area (Å²) in [6, 6.07) is 15.0. The molecule has 5 heteroatoms. The van der Waals surface area contributed by atoms with E-state index in [9.17, 15) is 4.79 Å². The van der Waals surface area contributed by atoms with Crippen molar-refractivity contribution in [3.63, 3.8) is 0 Å². The first-order valence-corrected chi connectivity index (χ1v) is 16.2. The number of nitrogens with zero attached hydrogens (tertiary/aromatic N) is 1. The van der Waals surface area contributed by atoms with Gasteiger partial charge in [0, 0.05) is 27.2 Å². The number of fused-ring (bicyclic) bond motifs is 6. The summed E-state index contributed by atoms with van der Waals surface area (Å²) >= 11 is 0. The molecule has 1 spiro atoms. The van der Waals surface area contributed by atoms with E-state index >= 15 is 0 Å². The lowest BCUT2D eigenvalue weighted by Crippen LogP contribution is -2.58. The van der Waals surface area contributed by atoms with Crippen molar-refractivity contribution in [3.05, 3.63) is 54.1 Å². The van der Waals surface area contributed by atoms with Gasteiger partial charge in [0.25, 0.3) is 0 Å². The fourth-order valence-electron chi connectivity index (χ4n) is 10.5. The first kappa shape index (κ1) is 27.7. The molecule has 0 aliphatic heterocycles. The average molecular weight is 567 g/mol. The van der Waals surface area contributed by atoms with Crippen LogP contribution in [0.2, 0.25) is 0 Å². The maximum absolute atomic E-state index is 13.2. The molecule has 3 aromatic rings. The SMILES string of the molecule is CCOC(=O)[C@]1(C)CCC[C@@]2(C)[C@@H]3CC[C@@]4(C)C[C@]3(CC[C@@H]21)C/C4=N\OC/C=C/c1ccc2[nH]c3ccccc3c2c1. The van der Waals surface area contributed by atoms with Gasteiger partial charge in [-0.15, -0.1) is 0 Å². The van der Waals surface area contributed by atoms with Crippen molar-refractivity contribution < 1.29 is 14.4 Å². The first-order chi connectivity index (χ1) is 20.2. The second-order valence-corrected chi connectivity index (χ2v) is 14.7. The lowest BCUT2D eigenvalue weighted by molar-refractivity contribution is -0.187. The van der Waals surface area contributed by atoms with Crippen LogP contribution in [-0.2, 0) is 14.4 Å². The summed E-state index contributed by atoms with van der Waals surface area (Å²) in [5, 5.41) is 7.33. The summed E-state index contributed by atoms with van der Waals surface area (Å²) in [6.45, 7) is 10.0. The predicted molar refractivity (Wildman–Crippen MR) is 170 cm³/mol. The number of ether oxygens (including phenoxy) is 1. The van der Waals surface area contributed by atoms with Gasteiger partial charge >= 0.3 is 5.97 Å². The molecular formula is C37H46N2O3. The fourth-order valence-corrected chi connectivity index (χ4v) is 10.5. The highest BCUT2D eigenvalue weighted by molar-refractivity contribution is 6.07. The molecule has 4 saturated carbocycles. The maximum Gasteiger partial charge on any atom is 0.312 e. The lowest BCUT2D eigenvalue weighted by Gasteiger charge is -2.64. The Morgan fingerprint density at radius 3 is 2.67 bits per heavy atom. The molecule has 0 unspecified atom stereocenters. The molecule has 222 valence electrons. The number of hydrogen-bond donors (Lipinski definition) is 1. The van der Waals surface area contributed by atoms with E-state index in [0.717, 1.165) is 31.2 Å². The maximum atomic E-state index is 13.2. The molecule has 1 heterocycles. The van der Waals surface area contributed by atoms with Gasteiger partial charge in [0.15, 0.2) is 0 Å². The minimum Gasteiger partial charge on any atom is -0.466 e. The number of oxime groups is 1. The molecule has 4 aliphatic rings. The number of nitrogens with one attached hydrogen (secondary N) is 1. The zero-order chi connectivity index (χ0) is 29.2. The van der Waals surface area contributed by atoms with Gasteiger partial charge in [0.1, 0.15) is 6.61 Å². The smallest absolute Gasteiger partial charge is 0.312 e. The number of hydrogen-bond acceptors (Lipinski definition) is 4. The Morgan fingerprint density at radius 2 is 1.81 bits per heavy atom. The number of carbonyl (C=O) groups excluding carboxylic acids is 1. The third kappa shape index (κ3) is 4.17. The highest BCUT2D eigenvalue weighted by Gasteiger charge is 2.67. The molecule has 0 radical (unpaired) electrons. The van der Waals surface area contributed by atoms with Crippen LogP contribution in [0.25, 0.3) is 27.9 Å². The molecule has 2 bridgehead atoms. The average Bonchev–Trinajstić information content (AvgIpc) is 3.43. The van der Waals surface area contributed by atoms with Crippen LogP contribution in [-0.4, -0.2) is 29.9 Å². The number of aromatic amines is 1. The molecular weight excluding hydrogens is 520 g/mol. The third-order valence-electron chi connectivity index (χ3n) is 12.3. The summed E-state index contributed by atoms with van der Waals surface area (Å²) in [5.74, 6) is 1.08. The van der Waals surface area contributed by atoms with Crippen molar-refractivity contribution in [3.8, 4) is 0 Å². The van der Waals surface area contributed by atoms with Crippen LogP contribution in [0.3, 0.4) is 0 Å². The zero-order valence-corrected chi connectivity index (χ0v) is 25.8. The number of benzene rings is 2. The van der Waals surface area contributed by atoms with E-state index in [1.165, 1.54) is 59.7 Å². The molecule has 1 N–H and O–H groups in total. The minimum atomic E-state index is -0.352. The molecule has 5 nitrogen and oxygen atoms in total. The molecule has 0 amide bonds. The van der Waals surface area contributed by atoms with Gasteiger partial charge < -0.3 is 14.6 Å². The zero-order valence-electron chi connectivity index (χ0n) is 25.8. The van der Waals surface area contributed by atoms with E-state index in [0.29, 0.717) is 25.0 Å². The van der Waals surface area contributed by atoms with Crippen molar-refractivity contribution in [1.82, 2.24) is 4.98 Å². The molecule has 2 aromatic carbocycles. The van der Waals surface area contributed by atoms with Crippen molar-refractivity contribution in [2.75, 3.05) is 13.2 Å². The number of rotatable bonds is 6. The molecule has 7 rings (SSSR count). The van der Waals surface area contributed by atoms with E-state index in [-0.39, 0.29) is 27.6 Å². The Labute approximate surface area is 250 Å². The van der Waals surface area contributed by atoms with Crippen LogP contribution >= 0.6 is 0 Å². The van der Waals surface area contributed by atoms with Crippen LogP contribution in [0.4, 0.5) is 0 Å². The standard InChI is InChI=1S/C37H46N2O3/c1-5-41-33(40)36(4)18-9-17-35(3)30(36)16-20-37-23-32(34(2,24-37)19-15-31(35)37)39-42-21-8-10-25-13-14-29-27(22-25)26-11-6-7-12-28(26)38-29/h6-8,10-14,22,30-31,38H,5,9,15-21,23-24H2,1-4H3/b10-8+,39-32+/t30-,31-,34-,35+,36+,37-/m0/s1. The van der Waals surface area contributed by atoms with Crippen LogP contribution < -0.4 is 0 Å². The van der Waals surface area contributed by atoms with Crippen LogP contribution in [0, 0.1) is 33.5 Å². The molecule has 4 aliphatic carbocycles. The van der Waals surface area contributed by atoms with Gasteiger partial charge in [-0.3, -0.25) is 4.79 Å². The van der Waals surface area contributed by atoms with Gasteiger partial charge in [-0.25, -0.2) is 0 Å². The number of esters is 1. The van der Waals surface area contributed by atoms with E-state index in [2.05, 4.69) is 80.4 Å². The number of H-pyrrole nitrogens is 1. The monoisotopic (exact) mass is 566 g/mol. The lowest BCUT2D eigenvalue weighted by atomic mass is 9.40. The Hall–Kier alpha value is -3.08. The predicted octanol–water partition coefficient (Wildman–Crippen LogP) is 9.07. The first-order valence-electron chi connectivity index (χ1n) is 16.2. The fraction of sp³-hybridized carbons (Fsp3) is 0.568. The van der Waals surface area contributed by atoms with E-state index in [1.807, 2.05) is 6.92 Å². The number of aromatic nitrogens is 1. The van der Waals surface area contributed by atoms with Gasteiger partial charge in [0.05, 0.1) is 17.7 Å².